The van der Waals surface area contributed by atoms with E-state index in [-0.39, 0.29) is 6.03 Å². The molecule has 2 aromatic carbocycles. The average Bonchev–Trinajstić information content (AvgIpc) is 3.25. The molecule has 8 heteroatoms. The van der Waals surface area contributed by atoms with E-state index in [0.29, 0.717) is 36.1 Å². The van der Waals surface area contributed by atoms with Crippen molar-refractivity contribution >= 4 is 23.3 Å². The maximum atomic E-state index is 12.3. The Morgan fingerprint density at radius 3 is 2.61 bits per heavy atom. The third-order valence-corrected chi connectivity index (χ3v) is 4.81. The van der Waals surface area contributed by atoms with E-state index in [0.717, 1.165) is 22.5 Å². The van der Waals surface area contributed by atoms with Gasteiger partial charge in [-0.3, -0.25) is 4.98 Å². The summed E-state index contributed by atoms with van der Waals surface area (Å²) in [6, 6.07) is 20.3. The molecule has 0 unspecified atom stereocenters. The molecule has 2 amide bonds. The standard InChI is InChI=1S/C23H20ClN5O2/c24-18-10-8-16(9-11-18)22-28-21(31-29-22)12-14-26-23(30)27-20-7-2-1-5-17(20)15-19-6-3-4-13-25-19/h1-11,13H,12,14-15H2,(H2,26,27,30). The van der Waals surface area contributed by atoms with Gasteiger partial charge in [0.1, 0.15) is 0 Å². The van der Waals surface area contributed by atoms with Gasteiger partial charge in [0.05, 0.1) is 0 Å². The van der Waals surface area contributed by atoms with Crippen LogP contribution in [0.3, 0.4) is 0 Å². The molecule has 4 rings (SSSR count). The normalized spacial score (nSPS) is 10.6. The van der Waals surface area contributed by atoms with Crippen LogP contribution in [0.1, 0.15) is 17.1 Å². The maximum Gasteiger partial charge on any atom is 0.319 e. The Morgan fingerprint density at radius 1 is 1.00 bits per heavy atom. The number of nitrogens with one attached hydrogen (secondary N) is 2. The highest BCUT2D eigenvalue weighted by atomic mass is 35.5. The van der Waals surface area contributed by atoms with Gasteiger partial charge in [-0.25, -0.2) is 4.79 Å². The van der Waals surface area contributed by atoms with Gasteiger partial charge in [-0.2, -0.15) is 4.98 Å². The third kappa shape index (κ3) is 5.67. The lowest BCUT2D eigenvalue weighted by Crippen LogP contribution is -2.30. The minimum absolute atomic E-state index is 0.300. The zero-order valence-electron chi connectivity index (χ0n) is 16.6. The van der Waals surface area contributed by atoms with Crippen molar-refractivity contribution in [3.05, 3.63) is 95.1 Å². The van der Waals surface area contributed by atoms with Gasteiger partial charge in [-0.05, 0) is 48.0 Å². The first kappa shape index (κ1) is 20.6. The highest BCUT2D eigenvalue weighted by Crippen LogP contribution is 2.19. The van der Waals surface area contributed by atoms with E-state index in [1.165, 1.54) is 0 Å². The van der Waals surface area contributed by atoms with Crippen LogP contribution in [-0.4, -0.2) is 27.7 Å². The molecule has 2 heterocycles. The number of anilines is 1. The van der Waals surface area contributed by atoms with Crippen LogP contribution in [0.5, 0.6) is 0 Å². The Kier molecular flexibility index (Phi) is 6.54. The van der Waals surface area contributed by atoms with Gasteiger partial charge in [0, 0.05) is 47.6 Å². The maximum absolute atomic E-state index is 12.3. The minimum atomic E-state index is -0.300. The Hall–Kier alpha value is -3.71. The molecule has 0 radical (unpaired) electrons. The number of para-hydroxylation sites is 1. The SMILES string of the molecule is O=C(NCCc1nc(-c2ccc(Cl)cc2)no1)Nc1ccccc1Cc1ccccn1. The summed E-state index contributed by atoms with van der Waals surface area (Å²) in [6.45, 7) is 0.358. The number of hydrogen-bond acceptors (Lipinski definition) is 5. The van der Waals surface area contributed by atoms with Crippen molar-refractivity contribution < 1.29 is 9.32 Å². The molecule has 156 valence electrons. The quantitative estimate of drug-likeness (QED) is 0.439. The number of carbonyl (C=O) groups excluding carboxylic acids is 1. The highest BCUT2D eigenvalue weighted by molar-refractivity contribution is 6.30. The van der Waals surface area contributed by atoms with E-state index in [4.69, 9.17) is 16.1 Å². The van der Waals surface area contributed by atoms with Gasteiger partial charge < -0.3 is 15.2 Å². The molecule has 7 nitrogen and oxygen atoms in total. The largest absolute Gasteiger partial charge is 0.339 e. The van der Waals surface area contributed by atoms with Crippen LogP contribution in [-0.2, 0) is 12.8 Å². The second kappa shape index (κ2) is 9.86. The summed E-state index contributed by atoms with van der Waals surface area (Å²) in [7, 11) is 0. The third-order valence-electron chi connectivity index (χ3n) is 4.56. The van der Waals surface area contributed by atoms with Gasteiger partial charge in [0.15, 0.2) is 0 Å². The number of urea groups is 1. The molecule has 0 bridgehead atoms. The summed E-state index contributed by atoms with van der Waals surface area (Å²) in [5.74, 6) is 0.931. The van der Waals surface area contributed by atoms with Gasteiger partial charge >= 0.3 is 6.03 Å². The van der Waals surface area contributed by atoms with Crippen molar-refractivity contribution in [2.45, 2.75) is 12.8 Å². The van der Waals surface area contributed by atoms with E-state index in [1.54, 1.807) is 18.3 Å². The number of aromatic nitrogens is 3. The number of amides is 2. The summed E-state index contributed by atoms with van der Waals surface area (Å²) in [5, 5.41) is 10.3. The molecule has 0 fully saturated rings. The van der Waals surface area contributed by atoms with Gasteiger partial charge in [0.25, 0.3) is 0 Å². The van der Waals surface area contributed by atoms with E-state index in [1.807, 2.05) is 54.6 Å². The van der Waals surface area contributed by atoms with Crippen molar-refractivity contribution in [3.63, 3.8) is 0 Å². The fraction of sp³-hybridized carbons (Fsp3) is 0.130. The summed E-state index contributed by atoms with van der Waals surface area (Å²) in [6.07, 6.45) is 2.81. The Bertz CT molecular complexity index is 1150. The first-order valence-corrected chi connectivity index (χ1v) is 10.2. The number of pyridine rings is 1. The monoisotopic (exact) mass is 433 g/mol. The molecule has 4 aromatic rings. The smallest absolute Gasteiger partial charge is 0.319 e. The van der Waals surface area contributed by atoms with Crippen LogP contribution in [0.15, 0.2) is 77.4 Å². The predicted molar refractivity (Wildman–Crippen MR) is 119 cm³/mol. The van der Waals surface area contributed by atoms with E-state index in [2.05, 4.69) is 25.8 Å². The van der Waals surface area contributed by atoms with Crippen LogP contribution in [0.25, 0.3) is 11.4 Å². The van der Waals surface area contributed by atoms with Crippen LogP contribution in [0.2, 0.25) is 5.02 Å². The fourth-order valence-electron chi connectivity index (χ4n) is 3.02. The number of hydrogen-bond donors (Lipinski definition) is 2. The van der Waals surface area contributed by atoms with Crippen LogP contribution >= 0.6 is 11.6 Å². The zero-order chi connectivity index (χ0) is 21.5. The fourth-order valence-corrected chi connectivity index (χ4v) is 3.14. The van der Waals surface area contributed by atoms with Crippen LogP contribution < -0.4 is 10.6 Å². The Labute approximate surface area is 184 Å². The average molecular weight is 434 g/mol. The van der Waals surface area contributed by atoms with Gasteiger partial charge in [-0.1, -0.05) is 41.0 Å². The van der Waals surface area contributed by atoms with Crippen molar-refractivity contribution in [1.82, 2.24) is 20.4 Å². The molecular weight excluding hydrogens is 414 g/mol. The van der Waals surface area contributed by atoms with E-state index in [9.17, 15) is 4.79 Å². The molecule has 2 N–H and O–H groups in total. The van der Waals surface area contributed by atoms with Crippen LogP contribution in [0.4, 0.5) is 10.5 Å². The number of benzene rings is 2. The number of halogens is 1. The van der Waals surface area contributed by atoms with Gasteiger partial charge in [0.2, 0.25) is 11.7 Å². The highest BCUT2D eigenvalue weighted by Gasteiger charge is 2.10. The van der Waals surface area contributed by atoms with Crippen molar-refractivity contribution in [2.75, 3.05) is 11.9 Å². The zero-order valence-corrected chi connectivity index (χ0v) is 17.3. The molecule has 0 aliphatic carbocycles. The second-order valence-electron chi connectivity index (χ2n) is 6.80. The molecule has 0 saturated heterocycles. The molecule has 0 aliphatic heterocycles. The molecule has 0 aliphatic rings. The first-order valence-electron chi connectivity index (χ1n) is 9.78. The lowest BCUT2D eigenvalue weighted by molar-refractivity contribution is 0.252. The molecule has 0 atom stereocenters. The number of rotatable bonds is 7. The first-order chi connectivity index (χ1) is 15.2. The molecule has 0 spiro atoms. The molecular formula is C23H20ClN5O2. The number of carbonyl (C=O) groups is 1. The Balaban J connectivity index is 1.30. The van der Waals surface area contributed by atoms with Crippen LogP contribution in [0, 0.1) is 0 Å². The summed E-state index contributed by atoms with van der Waals surface area (Å²) in [5.41, 5.74) is 3.48. The topological polar surface area (TPSA) is 92.9 Å². The summed E-state index contributed by atoms with van der Waals surface area (Å²) < 4.78 is 5.26. The van der Waals surface area contributed by atoms with E-state index >= 15 is 0 Å². The summed E-state index contributed by atoms with van der Waals surface area (Å²) >= 11 is 5.90. The summed E-state index contributed by atoms with van der Waals surface area (Å²) in [4.78, 5) is 21.0. The number of nitrogens with zero attached hydrogens (tertiary/aromatic N) is 3. The minimum Gasteiger partial charge on any atom is -0.339 e. The molecule has 0 saturated carbocycles. The predicted octanol–water partition coefficient (Wildman–Crippen LogP) is 4.74. The lowest BCUT2D eigenvalue weighted by atomic mass is 10.1. The molecule has 2 aromatic heterocycles. The Morgan fingerprint density at radius 2 is 1.81 bits per heavy atom. The van der Waals surface area contributed by atoms with Crippen molar-refractivity contribution in [3.8, 4) is 11.4 Å². The van der Waals surface area contributed by atoms with Crippen molar-refractivity contribution in [2.24, 2.45) is 0 Å². The second-order valence-corrected chi connectivity index (χ2v) is 7.24. The molecule has 31 heavy (non-hydrogen) atoms. The van der Waals surface area contributed by atoms with Gasteiger partial charge in [-0.15, -0.1) is 0 Å². The van der Waals surface area contributed by atoms with Crippen molar-refractivity contribution in [1.29, 1.82) is 0 Å². The van der Waals surface area contributed by atoms with E-state index < -0.39 is 0 Å². The lowest BCUT2D eigenvalue weighted by Gasteiger charge is -2.11.